The van der Waals surface area contributed by atoms with Gasteiger partial charge in [0.2, 0.25) is 0 Å². The molecule has 0 amide bonds. The third-order valence-corrected chi connectivity index (χ3v) is 6.53. The summed E-state index contributed by atoms with van der Waals surface area (Å²) >= 11 is 0. The van der Waals surface area contributed by atoms with Gasteiger partial charge in [0.1, 0.15) is 24.4 Å². The van der Waals surface area contributed by atoms with Crippen LogP contribution in [0.1, 0.15) is 22.3 Å². The quantitative estimate of drug-likeness (QED) is 0.188. The molecule has 4 atom stereocenters. The maximum absolute atomic E-state index is 11.4. The highest BCUT2D eigenvalue weighted by atomic mass is 16.6. The van der Waals surface area contributed by atoms with Gasteiger partial charge in [-0.1, -0.05) is 121 Å². The summed E-state index contributed by atoms with van der Waals surface area (Å²) in [6.45, 7) is 0.865. The van der Waals surface area contributed by atoms with E-state index in [4.69, 9.17) is 18.9 Å². The van der Waals surface area contributed by atoms with Crippen LogP contribution in [0.5, 0.6) is 0 Å². The molecule has 0 heterocycles. The number of aliphatic hydroxyl groups excluding tert-OH is 2. The second-order valence-corrected chi connectivity index (χ2v) is 9.61. The second kappa shape index (κ2) is 16.7. The molecular weight excluding hydrogens is 504 g/mol. The minimum Gasteiger partial charge on any atom is -0.394 e. The van der Waals surface area contributed by atoms with E-state index in [2.05, 4.69) is 0 Å². The zero-order chi connectivity index (χ0) is 27.8. The van der Waals surface area contributed by atoms with Crippen molar-refractivity contribution in [2.75, 3.05) is 13.2 Å². The summed E-state index contributed by atoms with van der Waals surface area (Å²) in [5.41, 5.74) is 3.89. The summed E-state index contributed by atoms with van der Waals surface area (Å²) in [7, 11) is 0. The summed E-state index contributed by atoms with van der Waals surface area (Å²) in [5.74, 6) is 0. The highest BCUT2D eigenvalue weighted by molar-refractivity contribution is 5.16. The van der Waals surface area contributed by atoms with Crippen molar-refractivity contribution in [3.05, 3.63) is 144 Å². The zero-order valence-corrected chi connectivity index (χ0v) is 22.6. The lowest BCUT2D eigenvalue weighted by Crippen LogP contribution is -2.51. The topological polar surface area (TPSA) is 77.4 Å². The highest BCUT2D eigenvalue weighted by Crippen LogP contribution is 2.21. The fourth-order valence-corrected chi connectivity index (χ4v) is 4.37. The molecule has 0 saturated heterocycles. The maximum Gasteiger partial charge on any atom is 0.115 e. The Bertz CT molecular complexity index is 1190. The Morgan fingerprint density at radius 3 is 1.27 bits per heavy atom. The average Bonchev–Trinajstić information content (AvgIpc) is 3.01. The molecule has 4 aromatic carbocycles. The van der Waals surface area contributed by atoms with E-state index in [1.165, 1.54) is 0 Å². The van der Waals surface area contributed by atoms with Gasteiger partial charge in [0.05, 0.1) is 39.6 Å². The van der Waals surface area contributed by atoms with Gasteiger partial charge in [0.15, 0.2) is 0 Å². The van der Waals surface area contributed by atoms with Crippen molar-refractivity contribution in [1.82, 2.24) is 0 Å². The summed E-state index contributed by atoms with van der Waals surface area (Å²) in [4.78, 5) is 0. The molecule has 4 aromatic rings. The van der Waals surface area contributed by atoms with Crippen LogP contribution in [0.3, 0.4) is 0 Å². The summed E-state index contributed by atoms with van der Waals surface area (Å²) in [6.07, 6.45) is -3.42. The van der Waals surface area contributed by atoms with Crippen LogP contribution in [0.4, 0.5) is 0 Å². The Balaban J connectivity index is 1.53. The zero-order valence-electron chi connectivity index (χ0n) is 22.6. The van der Waals surface area contributed by atoms with Crippen LogP contribution in [0.25, 0.3) is 0 Å². The van der Waals surface area contributed by atoms with E-state index < -0.39 is 24.4 Å². The molecule has 40 heavy (non-hydrogen) atoms. The minimum atomic E-state index is -1.04. The largest absolute Gasteiger partial charge is 0.394 e. The van der Waals surface area contributed by atoms with Crippen molar-refractivity contribution in [1.29, 1.82) is 0 Å². The highest BCUT2D eigenvalue weighted by Gasteiger charge is 2.37. The number of hydrogen-bond donors (Lipinski definition) is 2. The number of rotatable bonds is 17. The lowest BCUT2D eigenvalue weighted by atomic mass is 10.0. The van der Waals surface area contributed by atoms with Crippen LogP contribution in [0, 0.1) is 0 Å². The van der Waals surface area contributed by atoms with Crippen molar-refractivity contribution >= 4 is 0 Å². The molecule has 2 N–H and O–H groups in total. The lowest BCUT2D eigenvalue weighted by molar-refractivity contribution is -0.193. The molecule has 6 nitrogen and oxygen atoms in total. The third-order valence-electron chi connectivity index (χ3n) is 6.53. The first kappa shape index (κ1) is 29.6. The van der Waals surface area contributed by atoms with E-state index in [0.717, 1.165) is 22.3 Å². The van der Waals surface area contributed by atoms with Crippen LogP contribution in [0.2, 0.25) is 0 Å². The SMILES string of the molecule is OC[C@H](OCc1ccccc1)[C@@H](OCc1ccccc1)[C@H](OCc1ccccc1)[C@H](O)COCc1ccccc1. The molecule has 0 radical (unpaired) electrons. The fraction of sp³-hybridized carbons (Fsp3) is 0.294. The van der Waals surface area contributed by atoms with Crippen LogP contribution in [-0.2, 0) is 45.4 Å². The van der Waals surface area contributed by atoms with Crippen LogP contribution in [-0.4, -0.2) is 47.8 Å². The van der Waals surface area contributed by atoms with Crippen molar-refractivity contribution in [3.8, 4) is 0 Å². The van der Waals surface area contributed by atoms with Gasteiger partial charge in [-0.05, 0) is 22.3 Å². The molecule has 0 aliphatic heterocycles. The van der Waals surface area contributed by atoms with Crippen LogP contribution in [0.15, 0.2) is 121 Å². The van der Waals surface area contributed by atoms with E-state index in [9.17, 15) is 10.2 Å². The van der Waals surface area contributed by atoms with Crippen molar-refractivity contribution in [2.24, 2.45) is 0 Å². The smallest absolute Gasteiger partial charge is 0.115 e. The van der Waals surface area contributed by atoms with Gasteiger partial charge in [-0.2, -0.15) is 0 Å². The molecule has 0 aliphatic carbocycles. The normalized spacial score (nSPS) is 14.3. The molecule has 0 fully saturated rings. The third kappa shape index (κ3) is 9.68. The monoisotopic (exact) mass is 542 g/mol. The molecule has 0 aliphatic rings. The van der Waals surface area contributed by atoms with Crippen LogP contribution >= 0.6 is 0 Å². The molecule has 0 aromatic heterocycles. The van der Waals surface area contributed by atoms with E-state index in [-0.39, 0.29) is 33.0 Å². The molecule has 0 unspecified atom stereocenters. The Labute approximate surface area is 236 Å². The van der Waals surface area contributed by atoms with E-state index in [1.54, 1.807) is 0 Å². The number of ether oxygens (including phenoxy) is 4. The van der Waals surface area contributed by atoms with Gasteiger partial charge in [-0.3, -0.25) is 0 Å². The summed E-state index contributed by atoms with van der Waals surface area (Å²) in [5, 5.41) is 21.8. The number of benzene rings is 4. The molecule has 0 bridgehead atoms. The first-order valence-electron chi connectivity index (χ1n) is 13.6. The Morgan fingerprint density at radius 2 is 0.850 bits per heavy atom. The molecule has 0 spiro atoms. The molecular formula is C34H38O6. The summed E-state index contributed by atoms with van der Waals surface area (Å²) in [6, 6.07) is 39.1. The predicted molar refractivity (Wildman–Crippen MR) is 154 cm³/mol. The van der Waals surface area contributed by atoms with Gasteiger partial charge in [0.25, 0.3) is 0 Å². The summed E-state index contributed by atoms with van der Waals surface area (Å²) < 4.78 is 24.8. The number of hydrogen-bond acceptors (Lipinski definition) is 6. The van der Waals surface area contributed by atoms with Crippen molar-refractivity contribution < 1.29 is 29.2 Å². The molecule has 0 saturated carbocycles. The van der Waals surface area contributed by atoms with Crippen LogP contribution < -0.4 is 0 Å². The van der Waals surface area contributed by atoms with Gasteiger partial charge in [-0.15, -0.1) is 0 Å². The number of aliphatic hydroxyl groups is 2. The molecule has 6 heteroatoms. The van der Waals surface area contributed by atoms with Gasteiger partial charge >= 0.3 is 0 Å². The Hall–Kier alpha value is -3.36. The molecule has 210 valence electrons. The first-order chi connectivity index (χ1) is 19.7. The van der Waals surface area contributed by atoms with Gasteiger partial charge in [0, 0.05) is 0 Å². The second-order valence-electron chi connectivity index (χ2n) is 9.61. The van der Waals surface area contributed by atoms with Gasteiger partial charge < -0.3 is 29.2 Å². The first-order valence-corrected chi connectivity index (χ1v) is 13.6. The lowest BCUT2D eigenvalue weighted by Gasteiger charge is -2.35. The van der Waals surface area contributed by atoms with E-state index >= 15 is 0 Å². The van der Waals surface area contributed by atoms with Gasteiger partial charge in [-0.25, -0.2) is 0 Å². The Morgan fingerprint density at radius 1 is 0.475 bits per heavy atom. The average molecular weight is 543 g/mol. The molecule has 4 rings (SSSR count). The Kier molecular flexibility index (Phi) is 12.3. The van der Waals surface area contributed by atoms with E-state index in [1.807, 2.05) is 121 Å². The predicted octanol–water partition coefficient (Wildman–Crippen LogP) is 5.31. The van der Waals surface area contributed by atoms with E-state index in [0.29, 0.717) is 6.61 Å². The fourth-order valence-electron chi connectivity index (χ4n) is 4.37. The minimum absolute atomic E-state index is 0.0242. The van der Waals surface area contributed by atoms with Crippen molar-refractivity contribution in [3.63, 3.8) is 0 Å². The maximum atomic E-state index is 11.4. The standard InChI is InChI=1S/C34H38O6/c35-21-32(38-23-28-15-7-2-8-16-28)34(40-25-30-19-11-4-12-20-30)33(39-24-29-17-9-3-10-18-29)31(36)26-37-22-27-13-5-1-6-14-27/h1-20,31-36H,21-26H2/t31-,32+,33-,34-/m1/s1. The van der Waals surface area contributed by atoms with Crippen molar-refractivity contribution in [2.45, 2.75) is 50.8 Å².